The van der Waals surface area contributed by atoms with Crippen LogP contribution in [0.3, 0.4) is 0 Å². The molecule has 0 aromatic heterocycles. The topological polar surface area (TPSA) is 66.8 Å². The van der Waals surface area contributed by atoms with E-state index in [4.69, 9.17) is 9.84 Å². The molecule has 1 aromatic carbocycles. The molecule has 1 amide bonds. The number of benzene rings is 1. The van der Waals surface area contributed by atoms with E-state index in [-0.39, 0.29) is 12.5 Å². The molecule has 1 aliphatic rings. The highest BCUT2D eigenvalue weighted by Crippen LogP contribution is 2.29. The van der Waals surface area contributed by atoms with Gasteiger partial charge in [-0.15, -0.1) is 0 Å². The van der Waals surface area contributed by atoms with Crippen LogP contribution in [0.2, 0.25) is 0 Å². The van der Waals surface area contributed by atoms with Crippen LogP contribution in [0.4, 0.5) is 0 Å². The van der Waals surface area contributed by atoms with Gasteiger partial charge < -0.3 is 14.7 Å². The molecule has 1 aromatic rings. The Morgan fingerprint density at radius 3 is 2.61 bits per heavy atom. The number of carbonyl (C=O) groups is 2. The van der Waals surface area contributed by atoms with Gasteiger partial charge in [0, 0.05) is 10.6 Å². The molecule has 0 saturated carbocycles. The lowest BCUT2D eigenvalue weighted by molar-refractivity contribution is -0.171. The fraction of sp³-hybridized carbons (Fsp3) is 0.333. The highest BCUT2D eigenvalue weighted by atomic mass is 127. The number of carbonyl (C=O) groups excluding carboxylic acids is 1. The SMILES string of the molecule is CN1C(=O)COC(C(=O)O)C1c1ccc(I)cc1. The molecule has 0 bridgehead atoms. The summed E-state index contributed by atoms with van der Waals surface area (Å²) in [6.45, 7) is -0.186. The van der Waals surface area contributed by atoms with Crippen LogP contribution in [-0.4, -0.2) is 41.6 Å². The molecule has 2 unspecified atom stereocenters. The number of halogens is 1. The Bertz CT molecular complexity index is 473. The Morgan fingerprint density at radius 2 is 2.06 bits per heavy atom. The lowest BCUT2D eigenvalue weighted by Gasteiger charge is -2.37. The Hall–Kier alpha value is -1.15. The number of morpholine rings is 1. The highest BCUT2D eigenvalue weighted by Gasteiger charge is 2.39. The molecule has 0 radical (unpaired) electrons. The van der Waals surface area contributed by atoms with E-state index in [1.165, 1.54) is 4.90 Å². The number of rotatable bonds is 2. The summed E-state index contributed by atoms with van der Waals surface area (Å²) < 4.78 is 6.18. The van der Waals surface area contributed by atoms with Crippen LogP contribution >= 0.6 is 22.6 Å². The van der Waals surface area contributed by atoms with E-state index in [1.54, 1.807) is 7.05 Å². The molecule has 1 saturated heterocycles. The van der Waals surface area contributed by atoms with Crippen LogP contribution in [-0.2, 0) is 14.3 Å². The van der Waals surface area contributed by atoms with Crippen LogP contribution in [0.1, 0.15) is 11.6 Å². The van der Waals surface area contributed by atoms with E-state index in [2.05, 4.69) is 22.6 Å². The largest absolute Gasteiger partial charge is 0.479 e. The van der Waals surface area contributed by atoms with E-state index >= 15 is 0 Å². The molecule has 0 spiro atoms. The van der Waals surface area contributed by atoms with Crippen molar-refractivity contribution in [2.24, 2.45) is 0 Å². The van der Waals surface area contributed by atoms with E-state index in [1.807, 2.05) is 24.3 Å². The fourth-order valence-electron chi connectivity index (χ4n) is 1.98. The van der Waals surface area contributed by atoms with Gasteiger partial charge >= 0.3 is 5.97 Å². The summed E-state index contributed by atoms with van der Waals surface area (Å²) in [4.78, 5) is 24.2. The first-order valence-electron chi connectivity index (χ1n) is 5.36. The predicted octanol–water partition coefficient (Wildman–Crippen LogP) is 1.27. The van der Waals surface area contributed by atoms with E-state index in [9.17, 15) is 9.59 Å². The number of hydrogen-bond donors (Lipinski definition) is 1. The summed E-state index contributed by atoms with van der Waals surface area (Å²) in [5.41, 5.74) is 0.762. The first-order chi connectivity index (χ1) is 8.50. The van der Waals surface area contributed by atoms with Crippen molar-refractivity contribution in [3.63, 3.8) is 0 Å². The van der Waals surface area contributed by atoms with Gasteiger partial charge in [0.2, 0.25) is 5.91 Å². The van der Waals surface area contributed by atoms with Crippen molar-refractivity contribution in [3.05, 3.63) is 33.4 Å². The quantitative estimate of drug-likeness (QED) is 0.806. The Morgan fingerprint density at radius 1 is 1.44 bits per heavy atom. The molecule has 96 valence electrons. The summed E-state index contributed by atoms with van der Waals surface area (Å²) in [7, 11) is 1.60. The van der Waals surface area contributed by atoms with E-state index in [0.717, 1.165) is 9.13 Å². The molecule has 6 heteroatoms. The lowest BCUT2D eigenvalue weighted by Crippen LogP contribution is -2.50. The fourth-order valence-corrected chi connectivity index (χ4v) is 2.34. The van der Waals surface area contributed by atoms with Crippen LogP contribution in [0.25, 0.3) is 0 Å². The van der Waals surface area contributed by atoms with E-state index < -0.39 is 18.1 Å². The van der Waals surface area contributed by atoms with Crippen molar-refractivity contribution >= 4 is 34.5 Å². The number of amides is 1. The number of likely N-dealkylation sites (N-methyl/N-ethyl adjacent to an activating group) is 1. The van der Waals surface area contributed by atoms with Gasteiger partial charge in [0.1, 0.15) is 6.61 Å². The summed E-state index contributed by atoms with van der Waals surface area (Å²) >= 11 is 2.17. The number of carboxylic acid groups (broad SMARTS) is 1. The molecule has 1 heterocycles. The molecule has 2 rings (SSSR count). The van der Waals surface area contributed by atoms with Crippen LogP contribution in [0.5, 0.6) is 0 Å². The third-order valence-electron chi connectivity index (χ3n) is 2.94. The molecule has 2 atom stereocenters. The Labute approximate surface area is 118 Å². The monoisotopic (exact) mass is 361 g/mol. The maximum absolute atomic E-state index is 11.6. The van der Waals surface area contributed by atoms with E-state index in [0.29, 0.717) is 0 Å². The standard InChI is InChI=1S/C12H12INO4/c1-14-9(15)6-18-11(12(16)17)10(14)7-2-4-8(13)5-3-7/h2-5,10-11H,6H2,1H3,(H,16,17). The third-order valence-corrected chi connectivity index (χ3v) is 3.66. The zero-order chi connectivity index (χ0) is 13.3. The van der Waals surface area contributed by atoms with Gasteiger partial charge in [-0.3, -0.25) is 4.79 Å². The van der Waals surface area contributed by atoms with Crippen LogP contribution in [0, 0.1) is 3.57 Å². The van der Waals surface area contributed by atoms with Crippen molar-refractivity contribution in [2.45, 2.75) is 12.1 Å². The van der Waals surface area contributed by atoms with Crippen molar-refractivity contribution in [2.75, 3.05) is 13.7 Å². The second-order valence-electron chi connectivity index (χ2n) is 4.07. The van der Waals surface area contributed by atoms with Gasteiger partial charge in [-0.05, 0) is 40.3 Å². The van der Waals surface area contributed by atoms with Crippen molar-refractivity contribution in [3.8, 4) is 0 Å². The Balaban J connectivity index is 2.37. The summed E-state index contributed by atoms with van der Waals surface area (Å²) in [5.74, 6) is -1.27. The first-order valence-corrected chi connectivity index (χ1v) is 6.44. The van der Waals surface area contributed by atoms with Crippen molar-refractivity contribution in [1.82, 2.24) is 4.90 Å². The summed E-state index contributed by atoms with van der Waals surface area (Å²) in [5, 5.41) is 9.16. The molecule has 18 heavy (non-hydrogen) atoms. The van der Waals surface area contributed by atoms with Crippen molar-refractivity contribution in [1.29, 1.82) is 0 Å². The number of carboxylic acids is 1. The second-order valence-corrected chi connectivity index (χ2v) is 5.32. The maximum Gasteiger partial charge on any atom is 0.335 e. The molecule has 5 nitrogen and oxygen atoms in total. The highest BCUT2D eigenvalue weighted by molar-refractivity contribution is 14.1. The van der Waals surface area contributed by atoms with Crippen LogP contribution in [0.15, 0.2) is 24.3 Å². The van der Waals surface area contributed by atoms with Gasteiger partial charge in [0.15, 0.2) is 6.10 Å². The Kier molecular flexibility index (Phi) is 3.86. The number of hydrogen-bond acceptors (Lipinski definition) is 3. The average molecular weight is 361 g/mol. The minimum absolute atomic E-state index is 0.186. The predicted molar refractivity (Wildman–Crippen MR) is 72.0 cm³/mol. The van der Waals surface area contributed by atoms with Gasteiger partial charge in [0.25, 0.3) is 0 Å². The number of nitrogens with zero attached hydrogens (tertiary/aromatic N) is 1. The van der Waals surface area contributed by atoms with Gasteiger partial charge in [0.05, 0.1) is 6.04 Å². The second kappa shape index (κ2) is 5.23. The summed E-state index contributed by atoms with van der Waals surface area (Å²) in [6, 6.07) is 6.81. The number of ether oxygens (including phenoxy) is 1. The third kappa shape index (κ3) is 2.49. The van der Waals surface area contributed by atoms with Crippen molar-refractivity contribution < 1.29 is 19.4 Å². The maximum atomic E-state index is 11.6. The normalized spacial score (nSPS) is 24.1. The van der Waals surface area contributed by atoms with Gasteiger partial charge in [-0.25, -0.2) is 4.79 Å². The average Bonchev–Trinajstić information content (AvgIpc) is 2.33. The molecular weight excluding hydrogens is 349 g/mol. The van der Waals surface area contributed by atoms with Gasteiger partial charge in [-0.1, -0.05) is 12.1 Å². The van der Waals surface area contributed by atoms with Gasteiger partial charge in [-0.2, -0.15) is 0 Å². The molecular formula is C12H12INO4. The molecule has 1 aliphatic heterocycles. The molecule has 1 fully saturated rings. The zero-order valence-corrected chi connectivity index (χ0v) is 11.8. The number of aliphatic carboxylic acids is 1. The molecule has 0 aliphatic carbocycles. The zero-order valence-electron chi connectivity index (χ0n) is 9.67. The lowest BCUT2D eigenvalue weighted by atomic mass is 9.98. The first kappa shape index (κ1) is 13.3. The summed E-state index contributed by atoms with van der Waals surface area (Å²) in [6.07, 6.45) is -1.02. The molecule has 1 N–H and O–H groups in total. The minimum Gasteiger partial charge on any atom is -0.479 e. The smallest absolute Gasteiger partial charge is 0.335 e. The van der Waals surface area contributed by atoms with Crippen LogP contribution < -0.4 is 0 Å². The minimum atomic E-state index is -1.06.